The molecular formula is C16H23N3O2. The Hall–Kier alpha value is -1.62. The van der Waals surface area contributed by atoms with Crippen molar-refractivity contribution >= 4 is 5.91 Å². The number of ether oxygens (including phenoxy) is 1. The maximum atomic E-state index is 12.3. The molecule has 2 N–H and O–H groups in total. The Morgan fingerprint density at radius 2 is 2.19 bits per heavy atom. The highest BCUT2D eigenvalue weighted by atomic mass is 16.5. The van der Waals surface area contributed by atoms with Crippen LogP contribution < -0.4 is 15.4 Å². The minimum atomic E-state index is -0.397. The Bertz CT molecular complexity index is 534. The summed E-state index contributed by atoms with van der Waals surface area (Å²) in [7, 11) is 0. The largest absolute Gasteiger partial charge is 0.475 e. The highest BCUT2D eigenvalue weighted by Gasteiger charge is 2.57. The van der Waals surface area contributed by atoms with E-state index in [9.17, 15) is 4.79 Å². The first-order valence-electron chi connectivity index (χ1n) is 7.55. The average molecular weight is 289 g/mol. The van der Waals surface area contributed by atoms with E-state index in [0.717, 1.165) is 18.7 Å². The lowest BCUT2D eigenvalue weighted by molar-refractivity contribution is -0.125. The quantitative estimate of drug-likeness (QED) is 0.853. The van der Waals surface area contributed by atoms with Crippen LogP contribution in [0.4, 0.5) is 0 Å². The molecular weight excluding hydrogens is 266 g/mol. The Kier molecular flexibility index (Phi) is 3.61. The third-order valence-corrected chi connectivity index (χ3v) is 4.39. The molecule has 3 rings (SSSR count). The van der Waals surface area contributed by atoms with Crippen LogP contribution in [0.25, 0.3) is 0 Å². The first-order chi connectivity index (χ1) is 9.98. The monoisotopic (exact) mass is 289 g/mol. The molecule has 2 atom stereocenters. The summed E-state index contributed by atoms with van der Waals surface area (Å²) in [5, 5.41) is 6.43. The van der Waals surface area contributed by atoms with Gasteiger partial charge in [0.15, 0.2) is 0 Å². The summed E-state index contributed by atoms with van der Waals surface area (Å²) in [5.74, 6) is 2.08. The minimum absolute atomic E-state index is 0.165. The van der Waals surface area contributed by atoms with Crippen molar-refractivity contribution < 1.29 is 9.53 Å². The van der Waals surface area contributed by atoms with Gasteiger partial charge in [-0.25, -0.2) is 4.98 Å². The van der Waals surface area contributed by atoms with Crippen molar-refractivity contribution in [2.75, 3.05) is 19.7 Å². The SMILES string of the molecule is Cc1cccnc1OCC(C)(C)NC(=O)C1C2CNCC21. The van der Waals surface area contributed by atoms with E-state index in [4.69, 9.17) is 4.74 Å². The van der Waals surface area contributed by atoms with Crippen LogP contribution in [0.15, 0.2) is 18.3 Å². The first-order valence-corrected chi connectivity index (χ1v) is 7.55. The molecule has 1 aliphatic heterocycles. The van der Waals surface area contributed by atoms with Gasteiger partial charge in [0.1, 0.15) is 6.61 Å². The molecule has 2 heterocycles. The van der Waals surface area contributed by atoms with Gasteiger partial charge in [-0.1, -0.05) is 6.07 Å². The molecule has 21 heavy (non-hydrogen) atoms. The number of hydrogen-bond acceptors (Lipinski definition) is 4. The highest BCUT2D eigenvalue weighted by Crippen LogP contribution is 2.48. The van der Waals surface area contributed by atoms with Gasteiger partial charge in [-0.3, -0.25) is 4.79 Å². The molecule has 2 fully saturated rings. The van der Waals surface area contributed by atoms with Crippen LogP contribution in [0.1, 0.15) is 19.4 Å². The maximum absolute atomic E-state index is 12.3. The van der Waals surface area contributed by atoms with Crippen molar-refractivity contribution in [1.82, 2.24) is 15.6 Å². The van der Waals surface area contributed by atoms with Crippen molar-refractivity contribution in [3.8, 4) is 5.88 Å². The van der Waals surface area contributed by atoms with E-state index < -0.39 is 5.54 Å². The molecule has 0 bridgehead atoms. The van der Waals surface area contributed by atoms with Gasteiger partial charge in [0.2, 0.25) is 11.8 Å². The summed E-state index contributed by atoms with van der Waals surface area (Å²) >= 11 is 0. The predicted molar refractivity (Wildman–Crippen MR) is 80.0 cm³/mol. The Morgan fingerprint density at radius 3 is 2.86 bits per heavy atom. The molecule has 5 heteroatoms. The number of piperidine rings is 1. The van der Waals surface area contributed by atoms with E-state index >= 15 is 0 Å². The first kappa shape index (κ1) is 14.3. The van der Waals surface area contributed by atoms with Crippen molar-refractivity contribution in [1.29, 1.82) is 0 Å². The third-order valence-electron chi connectivity index (χ3n) is 4.39. The standard InChI is InChI=1S/C16H23N3O2/c1-10-5-4-6-18-15(10)21-9-16(2,3)19-14(20)13-11-7-17-8-12(11)13/h4-6,11-13,17H,7-9H2,1-3H3,(H,19,20). The lowest BCUT2D eigenvalue weighted by atomic mass is 10.1. The number of carbonyl (C=O) groups excluding carboxylic acids is 1. The zero-order valence-electron chi connectivity index (χ0n) is 12.8. The van der Waals surface area contributed by atoms with Gasteiger partial charge in [0, 0.05) is 17.7 Å². The second-order valence-corrected chi connectivity index (χ2v) is 6.80. The number of fused-ring (bicyclic) bond motifs is 1. The molecule has 2 aliphatic rings. The second-order valence-electron chi connectivity index (χ2n) is 6.80. The van der Waals surface area contributed by atoms with Crippen LogP contribution in [0, 0.1) is 24.7 Å². The van der Waals surface area contributed by atoms with Crippen LogP contribution in [0.5, 0.6) is 5.88 Å². The number of amides is 1. The lowest BCUT2D eigenvalue weighted by Gasteiger charge is -2.26. The number of aryl methyl sites for hydroxylation is 1. The zero-order valence-corrected chi connectivity index (χ0v) is 12.8. The molecule has 1 aliphatic carbocycles. The van der Waals surface area contributed by atoms with Gasteiger partial charge in [-0.05, 0) is 51.8 Å². The molecule has 1 saturated heterocycles. The van der Waals surface area contributed by atoms with Gasteiger partial charge in [-0.15, -0.1) is 0 Å². The van der Waals surface area contributed by atoms with Crippen LogP contribution in [0.2, 0.25) is 0 Å². The summed E-state index contributed by atoms with van der Waals surface area (Å²) in [4.78, 5) is 16.5. The average Bonchev–Trinajstić information content (AvgIpc) is 2.92. The molecule has 0 radical (unpaired) electrons. The fourth-order valence-electron chi connectivity index (χ4n) is 3.13. The molecule has 5 nitrogen and oxygen atoms in total. The van der Waals surface area contributed by atoms with Gasteiger partial charge in [0.05, 0.1) is 5.54 Å². The Balaban J connectivity index is 1.52. The summed E-state index contributed by atoms with van der Waals surface area (Å²) in [6.07, 6.45) is 1.71. The number of pyridine rings is 1. The fourth-order valence-corrected chi connectivity index (χ4v) is 3.13. The molecule has 0 spiro atoms. The number of rotatable bonds is 5. The minimum Gasteiger partial charge on any atom is -0.475 e. The van der Waals surface area contributed by atoms with E-state index in [0.29, 0.717) is 24.3 Å². The Labute approximate surface area is 125 Å². The van der Waals surface area contributed by atoms with Crippen molar-refractivity contribution in [3.05, 3.63) is 23.9 Å². The molecule has 2 unspecified atom stereocenters. The lowest BCUT2D eigenvalue weighted by Crippen LogP contribution is -2.49. The van der Waals surface area contributed by atoms with Crippen LogP contribution in [-0.2, 0) is 4.79 Å². The number of nitrogens with zero attached hydrogens (tertiary/aromatic N) is 1. The maximum Gasteiger partial charge on any atom is 0.224 e. The van der Waals surface area contributed by atoms with Gasteiger partial charge in [-0.2, -0.15) is 0 Å². The van der Waals surface area contributed by atoms with E-state index in [-0.39, 0.29) is 11.8 Å². The Morgan fingerprint density at radius 1 is 1.48 bits per heavy atom. The second kappa shape index (κ2) is 5.30. The van der Waals surface area contributed by atoms with Crippen molar-refractivity contribution in [2.24, 2.45) is 17.8 Å². The van der Waals surface area contributed by atoms with E-state index in [2.05, 4.69) is 15.6 Å². The molecule has 1 aromatic heterocycles. The van der Waals surface area contributed by atoms with Crippen LogP contribution in [0.3, 0.4) is 0 Å². The molecule has 114 valence electrons. The summed E-state index contributed by atoms with van der Waals surface area (Å²) < 4.78 is 5.76. The highest BCUT2D eigenvalue weighted by molar-refractivity contribution is 5.83. The van der Waals surface area contributed by atoms with E-state index in [1.54, 1.807) is 6.20 Å². The van der Waals surface area contributed by atoms with Crippen LogP contribution >= 0.6 is 0 Å². The molecule has 1 aromatic rings. The van der Waals surface area contributed by atoms with Crippen molar-refractivity contribution in [2.45, 2.75) is 26.3 Å². The molecule has 1 saturated carbocycles. The zero-order chi connectivity index (χ0) is 15.0. The van der Waals surface area contributed by atoms with E-state index in [1.165, 1.54) is 0 Å². The smallest absolute Gasteiger partial charge is 0.224 e. The van der Waals surface area contributed by atoms with Gasteiger partial charge in [0.25, 0.3) is 0 Å². The van der Waals surface area contributed by atoms with Gasteiger partial charge >= 0.3 is 0 Å². The normalized spacial score (nSPS) is 27.1. The fraction of sp³-hybridized carbons (Fsp3) is 0.625. The number of carbonyl (C=O) groups is 1. The third kappa shape index (κ3) is 3.02. The summed E-state index contributed by atoms with van der Waals surface area (Å²) in [5.41, 5.74) is 0.605. The van der Waals surface area contributed by atoms with E-state index in [1.807, 2.05) is 32.9 Å². The summed E-state index contributed by atoms with van der Waals surface area (Å²) in [6, 6.07) is 3.85. The van der Waals surface area contributed by atoms with Crippen LogP contribution in [-0.4, -0.2) is 36.1 Å². The van der Waals surface area contributed by atoms with Gasteiger partial charge < -0.3 is 15.4 Å². The number of nitrogens with one attached hydrogen (secondary N) is 2. The van der Waals surface area contributed by atoms with Crippen molar-refractivity contribution in [3.63, 3.8) is 0 Å². The number of aromatic nitrogens is 1. The molecule has 0 aromatic carbocycles. The summed E-state index contributed by atoms with van der Waals surface area (Å²) in [6.45, 7) is 8.31. The molecule has 1 amide bonds. The predicted octanol–water partition coefficient (Wildman–Crippen LogP) is 1.13. The topological polar surface area (TPSA) is 63.2 Å². The number of hydrogen-bond donors (Lipinski definition) is 2.